The summed E-state index contributed by atoms with van der Waals surface area (Å²) in [6.45, 7) is 2.28. The van der Waals surface area contributed by atoms with Crippen LogP contribution in [0.25, 0.3) is 10.9 Å². The van der Waals surface area contributed by atoms with E-state index in [4.69, 9.17) is 4.74 Å². The van der Waals surface area contributed by atoms with Gasteiger partial charge < -0.3 is 14.2 Å². The van der Waals surface area contributed by atoms with Gasteiger partial charge in [0, 0.05) is 17.6 Å². The predicted octanol–water partition coefficient (Wildman–Crippen LogP) is 2.40. The number of nitrogens with one attached hydrogen (secondary N) is 1. The summed E-state index contributed by atoms with van der Waals surface area (Å²) >= 11 is 0. The van der Waals surface area contributed by atoms with E-state index in [0.717, 1.165) is 17.3 Å². The van der Waals surface area contributed by atoms with E-state index >= 15 is 0 Å². The molecule has 1 aromatic carbocycles. The summed E-state index contributed by atoms with van der Waals surface area (Å²) in [5.41, 5.74) is 4.70. The van der Waals surface area contributed by atoms with Crippen LogP contribution in [0.2, 0.25) is 0 Å². The van der Waals surface area contributed by atoms with Crippen LogP contribution >= 0.6 is 0 Å². The summed E-state index contributed by atoms with van der Waals surface area (Å²) in [7, 11) is 0. The molecule has 1 fully saturated rings. The van der Waals surface area contributed by atoms with Gasteiger partial charge in [0.1, 0.15) is 18.4 Å². The number of ether oxygens (including phenoxy) is 1. The minimum Gasteiger partial charge on any atom is -0.483 e. The van der Waals surface area contributed by atoms with Gasteiger partial charge in [-0.3, -0.25) is 4.79 Å². The molecule has 0 bridgehead atoms. The van der Waals surface area contributed by atoms with Crippen LogP contribution in [0.15, 0.2) is 29.5 Å². The second kappa shape index (κ2) is 4.50. The molecule has 6 nitrogen and oxygen atoms in total. The van der Waals surface area contributed by atoms with E-state index in [-0.39, 0.29) is 11.9 Å². The van der Waals surface area contributed by atoms with Crippen molar-refractivity contribution in [3.05, 3.63) is 24.4 Å². The molecule has 23 heavy (non-hydrogen) atoms. The van der Waals surface area contributed by atoms with Crippen LogP contribution in [0, 0.1) is 0 Å². The normalized spacial score (nSPS) is 23.5. The molecule has 0 saturated heterocycles. The van der Waals surface area contributed by atoms with Gasteiger partial charge in [-0.05, 0) is 44.4 Å². The summed E-state index contributed by atoms with van der Waals surface area (Å²) in [6, 6.07) is 6.69. The molecule has 5 rings (SSSR count). The quantitative estimate of drug-likeness (QED) is 0.880. The first-order valence-corrected chi connectivity index (χ1v) is 8.15. The molecular weight excluding hydrogens is 292 g/mol. The summed E-state index contributed by atoms with van der Waals surface area (Å²) in [6.07, 6.45) is 5.96. The first-order chi connectivity index (χ1) is 11.2. The van der Waals surface area contributed by atoms with Crippen LogP contribution in [0.5, 0.6) is 5.75 Å². The van der Waals surface area contributed by atoms with Gasteiger partial charge >= 0.3 is 0 Å². The minimum absolute atomic E-state index is 0.0870. The third kappa shape index (κ3) is 1.75. The number of hydrogen-bond acceptors (Lipinski definition) is 4. The fourth-order valence-electron chi connectivity index (χ4n) is 3.66. The Morgan fingerprint density at radius 1 is 1.35 bits per heavy atom. The van der Waals surface area contributed by atoms with Crippen molar-refractivity contribution in [3.8, 4) is 5.75 Å². The smallest absolute Gasteiger partial charge is 0.262 e. The highest BCUT2D eigenvalue weighted by atomic mass is 16.5. The molecule has 1 unspecified atom stereocenters. The van der Waals surface area contributed by atoms with E-state index in [1.807, 2.05) is 11.8 Å². The molecule has 1 N–H and O–H groups in total. The highest BCUT2D eigenvalue weighted by Crippen LogP contribution is 2.41. The molecule has 0 spiro atoms. The predicted molar refractivity (Wildman–Crippen MR) is 87.8 cm³/mol. The number of hydrogen-bond donors (Lipinski definition) is 1. The molecule has 1 saturated carbocycles. The zero-order valence-corrected chi connectivity index (χ0v) is 13.0. The Bertz CT molecular complexity index is 850. The third-order valence-corrected chi connectivity index (χ3v) is 5.23. The van der Waals surface area contributed by atoms with Crippen molar-refractivity contribution in [2.75, 3.05) is 11.5 Å². The van der Waals surface area contributed by atoms with Gasteiger partial charge in [-0.2, -0.15) is 5.10 Å². The van der Waals surface area contributed by atoms with Crippen LogP contribution in [0.4, 0.5) is 5.69 Å². The van der Waals surface area contributed by atoms with Crippen molar-refractivity contribution >= 4 is 28.3 Å². The van der Waals surface area contributed by atoms with E-state index in [1.165, 1.54) is 30.2 Å². The Balaban J connectivity index is 1.69. The monoisotopic (exact) mass is 310 g/mol. The van der Waals surface area contributed by atoms with E-state index in [1.54, 1.807) is 0 Å². The Morgan fingerprint density at radius 3 is 3.00 bits per heavy atom. The second-order valence-electron chi connectivity index (χ2n) is 6.53. The number of rotatable bonds is 1. The lowest BCUT2D eigenvalue weighted by Gasteiger charge is -2.38. The van der Waals surface area contributed by atoms with Crippen molar-refractivity contribution < 1.29 is 9.53 Å². The number of amidine groups is 1. The molecule has 2 aromatic rings. The number of fused-ring (bicyclic) bond motifs is 4. The molecule has 118 valence electrons. The number of aromatic nitrogens is 1. The molecule has 3 aliphatic rings. The van der Waals surface area contributed by atoms with Crippen molar-refractivity contribution in [2.45, 2.75) is 38.3 Å². The summed E-state index contributed by atoms with van der Waals surface area (Å²) in [5.74, 6) is 1.49. The molecule has 1 amide bonds. The third-order valence-electron chi connectivity index (χ3n) is 5.23. The summed E-state index contributed by atoms with van der Waals surface area (Å²) in [4.78, 5) is 14.0. The van der Waals surface area contributed by atoms with Gasteiger partial charge in [-0.1, -0.05) is 0 Å². The topological polar surface area (TPSA) is 58.9 Å². The van der Waals surface area contributed by atoms with Gasteiger partial charge in [0.2, 0.25) is 0 Å². The van der Waals surface area contributed by atoms with Gasteiger partial charge in [0.25, 0.3) is 5.91 Å². The summed E-state index contributed by atoms with van der Waals surface area (Å²) < 4.78 is 8.22. The van der Waals surface area contributed by atoms with Crippen molar-refractivity contribution in [1.82, 2.24) is 9.99 Å². The zero-order valence-electron chi connectivity index (χ0n) is 13.0. The van der Waals surface area contributed by atoms with Crippen LogP contribution in [-0.2, 0) is 4.79 Å². The maximum atomic E-state index is 12.0. The largest absolute Gasteiger partial charge is 0.483 e. The molecule has 1 aliphatic carbocycles. The molecule has 6 heteroatoms. The van der Waals surface area contributed by atoms with E-state index in [0.29, 0.717) is 12.6 Å². The molecule has 2 aliphatic heterocycles. The number of anilines is 1. The molecule has 1 atom stereocenters. The lowest BCUT2D eigenvalue weighted by Crippen LogP contribution is -2.55. The van der Waals surface area contributed by atoms with E-state index < -0.39 is 0 Å². The first-order valence-electron chi connectivity index (χ1n) is 8.15. The minimum atomic E-state index is -0.283. The number of amides is 1. The highest BCUT2D eigenvalue weighted by molar-refractivity contribution is 6.10. The number of benzene rings is 1. The van der Waals surface area contributed by atoms with Crippen molar-refractivity contribution in [3.63, 3.8) is 0 Å². The van der Waals surface area contributed by atoms with Gasteiger partial charge in [-0.15, -0.1) is 0 Å². The van der Waals surface area contributed by atoms with Crippen LogP contribution in [0.1, 0.15) is 32.2 Å². The Morgan fingerprint density at radius 2 is 2.22 bits per heavy atom. The lowest BCUT2D eigenvalue weighted by molar-refractivity contribution is -0.122. The number of nitrogens with zero attached hydrogens (tertiary/aromatic N) is 3. The van der Waals surface area contributed by atoms with Crippen LogP contribution < -0.4 is 15.1 Å². The lowest BCUT2D eigenvalue weighted by atomic mass is 9.93. The molecule has 3 heterocycles. The fourth-order valence-corrected chi connectivity index (χ4v) is 3.66. The second-order valence-corrected chi connectivity index (χ2v) is 6.53. The molecular formula is C17H18N4O2. The number of carbonyl (C=O) groups is 1. The fraction of sp³-hybridized carbons (Fsp3) is 0.412. The average molecular weight is 310 g/mol. The number of hydrazone groups is 1. The maximum absolute atomic E-state index is 12.0. The Labute approximate surface area is 133 Å². The summed E-state index contributed by atoms with van der Waals surface area (Å²) in [5, 5.41) is 5.33. The average Bonchev–Trinajstić information content (AvgIpc) is 2.89. The Kier molecular flexibility index (Phi) is 2.54. The Hall–Kier alpha value is -2.50. The standard InChI is InChI=1S/C17H18N4O2/c1-10-17(22)19-18-16-9-23-15-7-11-5-6-20(12-3-2-4-12)13(11)8-14(15)21(10)16/h5-8,10,12H,2-4,9H2,1H3,(H,19,22). The maximum Gasteiger partial charge on any atom is 0.262 e. The SMILES string of the molecule is CC1C(=O)NN=C2COc3cc4ccn(C5CCC5)c4cc3N21. The zero-order chi connectivity index (χ0) is 15.6. The highest BCUT2D eigenvalue weighted by Gasteiger charge is 2.35. The molecule has 0 radical (unpaired) electrons. The van der Waals surface area contributed by atoms with E-state index in [2.05, 4.69) is 39.5 Å². The molecule has 1 aromatic heterocycles. The van der Waals surface area contributed by atoms with E-state index in [9.17, 15) is 4.79 Å². The van der Waals surface area contributed by atoms with Gasteiger partial charge in [-0.25, -0.2) is 5.43 Å². The van der Waals surface area contributed by atoms with Crippen LogP contribution in [-0.4, -0.2) is 29.0 Å². The van der Waals surface area contributed by atoms with Gasteiger partial charge in [0.15, 0.2) is 5.84 Å². The van der Waals surface area contributed by atoms with Crippen molar-refractivity contribution in [1.29, 1.82) is 0 Å². The van der Waals surface area contributed by atoms with Crippen LogP contribution in [0.3, 0.4) is 0 Å². The first kappa shape index (κ1) is 13.0. The van der Waals surface area contributed by atoms with Crippen molar-refractivity contribution in [2.24, 2.45) is 5.10 Å². The van der Waals surface area contributed by atoms with Gasteiger partial charge in [0.05, 0.1) is 11.2 Å². The number of carbonyl (C=O) groups excluding carboxylic acids is 1.